The Kier molecular flexibility index (Phi) is 2.52. The Bertz CT molecular complexity index is 674. The van der Waals surface area contributed by atoms with Crippen molar-refractivity contribution < 1.29 is 9.53 Å². The molecule has 3 heteroatoms. The molecule has 90 valence electrons. The first-order valence-electron chi connectivity index (χ1n) is 5.98. The number of pyridine rings is 1. The van der Waals surface area contributed by atoms with E-state index in [1.807, 2.05) is 60.0 Å². The molecule has 0 saturated heterocycles. The van der Waals surface area contributed by atoms with Crippen molar-refractivity contribution in [1.29, 1.82) is 0 Å². The molecule has 0 aliphatic heterocycles. The Balaban J connectivity index is 2.41. The van der Waals surface area contributed by atoms with Crippen molar-refractivity contribution in [3.05, 3.63) is 54.4 Å². The first-order valence-corrected chi connectivity index (χ1v) is 5.98. The van der Waals surface area contributed by atoms with E-state index in [4.69, 9.17) is 4.74 Å². The minimum Gasteiger partial charge on any atom is -0.461 e. The zero-order valence-corrected chi connectivity index (χ0v) is 10.1. The third-order valence-corrected chi connectivity index (χ3v) is 3.03. The van der Waals surface area contributed by atoms with Gasteiger partial charge < -0.3 is 9.14 Å². The van der Waals surface area contributed by atoms with E-state index in [-0.39, 0.29) is 5.97 Å². The zero-order valence-electron chi connectivity index (χ0n) is 10.1. The van der Waals surface area contributed by atoms with Crippen LogP contribution in [0.2, 0.25) is 0 Å². The van der Waals surface area contributed by atoms with Crippen LogP contribution < -0.4 is 0 Å². The molecule has 2 heterocycles. The van der Waals surface area contributed by atoms with Crippen LogP contribution in [0.25, 0.3) is 16.3 Å². The number of ether oxygens (including phenoxy) is 1. The van der Waals surface area contributed by atoms with Gasteiger partial charge in [-0.2, -0.15) is 0 Å². The summed E-state index contributed by atoms with van der Waals surface area (Å²) < 4.78 is 7.03. The maximum Gasteiger partial charge on any atom is 0.355 e. The molecule has 0 atom stereocenters. The predicted molar refractivity (Wildman–Crippen MR) is 70.9 cm³/mol. The van der Waals surface area contributed by atoms with Gasteiger partial charge in [-0.25, -0.2) is 4.79 Å². The molecule has 1 aromatic carbocycles. The molecule has 0 aliphatic carbocycles. The zero-order chi connectivity index (χ0) is 12.5. The van der Waals surface area contributed by atoms with Crippen LogP contribution in [0.15, 0.2) is 48.7 Å². The lowest BCUT2D eigenvalue weighted by molar-refractivity contribution is 0.0521. The Morgan fingerprint density at radius 2 is 1.83 bits per heavy atom. The highest BCUT2D eigenvalue weighted by molar-refractivity contribution is 6.10. The monoisotopic (exact) mass is 239 g/mol. The number of benzene rings is 1. The molecule has 0 amide bonds. The molecule has 0 fully saturated rings. The van der Waals surface area contributed by atoms with Crippen LogP contribution in [-0.2, 0) is 4.74 Å². The Hall–Kier alpha value is -2.29. The second-order valence-electron chi connectivity index (χ2n) is 4.07. The Morgan fingerprint density at radius 3 is 2.61 bits per heavy atom. The average molecular weight is 239 g/mol. The topological polar surface area (TPSA) is 30.7 Å². The predicted octanol–water partition coefficient (Wildman–Crippen LogP) is 3.27. The number of rotatable bonds is 2. The van der Waals surface area contributed by atoms with E-state index in [9.17, 15) is 4.79 Å². The van der Waals surface area contributed by atoms with Gasteiger partial charge in [0.1, 0.15) is 5.69 Å². The van der Waals surface area contributed by atoms with E-state index in [1.165, 1.54) is 0 Å². The fourth-order valence-corrected chi connectivity index (χ4v) is 2.31. The van der Waals surface area contributed by atoms with Gasteiger partial charge in [0.15, 0.2) is 0 Å². The van der Waals surface area contributed by atoms with E-state index in [2.05, 4.69) is 0 Å². The number of hydrogen-bond acceptors (Lipinski definition) is 2. The van der Waals surface area contributed by atoms with E-state index in [0.717, 1.165) is 16.3 Å². The summed E-state index contributed by atoms with van der Waals surface area (Å²) in [5.74, 6) is -0.278. The molecule has 0 N–H and O–H groups in total. The van der Waals surface area contributed by atoms with Crippen LogP contribution in [0.1, 0.15) is 17.4 Å². The number of carbonyl (C=O) groups is 1. The summed E-state index contributed by atoms with van der Waals surface area (Å²) in [5.41, 5.74) is 1.62. The van der Waals surface area contributed by atoms with Gasteiger partial charge in [-0.3, -0.25) is 0 Å². The van der Waals surface area contributed by atoms with Crippen molar-refractivity contribution in [2.24, 2.45) is 0 Å². The maximum absolute atomic E-state index is 12.1. The number of hydrogen-bond donors (Lipinski definition) is 0. The summed E-state index contributed by atoms with van der Waals surface area (Å²) in [5, 5.41) is 2.00. The van der Waals surface area contributed by atoms with Gasteiger partial charge >= 0.3 is 5.97 Å². The fraction of sp³-hybridized carbons (Fsp3) is 0.133. The maximum atomic E-state index is 12.1. The quantitative estimate of drug-likeness (QED) is 0.642. The molecule has 0 radical (unpaired) electrons. The summed E-state index contributed by atoms with van der Waals surface area (Å²) in [6.07, 6.45) is 1.89. The Labute approximate surface area is 105 Å². The molecule has 3 aromatic rings. The van der Waals surface area contributed by atoms with E-state index >= 15 is 0 Å². The van der Waals surface area contributed by atoms with Crippen LogP contribution in [0.3, 0.4) is 0 Å². The van der Waals surface area contributed by atoms with Crippen LogP contribution >= 0.6 is 0 Å². The molecule has 0 saturated carbocycles. The van der Waals surface area contributed by atoms with Crippen LogP contribution in [0.5, 0.6) is 0 Å². The van der Waals surface area contributed by atoms with Gasteiger partial charge in [0.2, 0.25) is 0 Å². The normalized spacial score (nSPS) is 10.9. The summed E-state index contributed by atoms with van der Waals surface area (Å²) in [6.45, 7) is 2.20. The number of aromatic nitrogens is 1. The first kappa shape index (κ1) is 10.8. The van der Waals surface area contributed by atoms with Crippen LogP contribution in [0, 0.1) is 0 Å². The highest BCUT2D eigenvalue weighted by Gasteiger charge is 2.17. The van der Waals surface area contributed by atoms with E-state index in [1.54, 1.807) is 0 Å². The van der Waals surface area contributed by atoms with Gasteiger partial charge in [-0.15, -0.1) is 0 Å². The van der Waals surface area contributed by atoms with Gasteiger partial charge in [-0.05, 0) is 19.1 Å². The molecule has 0 bridgehead atoms. The minimum absolute atomic E-state index is 0.278. The molecule has 0 unspecified atom stereocenters. The van der Waals surface area contributed by atoms with Crippen LogP contribution in [-0.4, -0.2) is 17.0 Å². The molecule has 18 heavy (non-hydrogen) atoms. The third-order valence-electron chi connectivity index (χ3n) is 3.03. The minimum atomic E-state index is -0.278. The second kappa shape index (κ2) is 4.18. The molecule has 2 aromatic heterocycles. The smallest absolute Gasteiger partial charge is 0.355 e. The van der Waals surface area contributed by atoms with Gasteiger partial charge in [-0.1, -0.05) is 30.3 Å². The largest absolute Gasteiger partial charge is 0.461 e. The van der Waals surface area contributed by atoms with Crippen molar-refractivity contribution in [3.8, 4) is 0 Å². The van der Waals surface area contributed by atoms with E-state index in [0.29, 0.717) is 12.3 Å². The van der Waals surface area contributed by atoms with Crippen LogP contribution in [0.4, 0.5) is 0 Å². The molecular weight excluding hydrogens is 226 g/mol. The number of fused-ring (bicyclic) bond motifs is 3. The average Bonchev–Trinajstić information content (AvgIpc) is 2.73. The number of esters is 1. The van der Waals surface area contributed by atoms with Gasteiger partial charge in [0.05, 0.1) is 12.1 Å². The lowest BCUT2D eigenvalue weighted by atomic mass is 10.1. The van der Waals surface area contributed by atoms with Crippen molar-refractivity contribution in [1.82, 2.24) is 4.40 Å². The lowest BCUT2D eigenvalue weighted by Gasteiger charge is -2.02. The Morgan fingerprint density at radius 1 is 1.11 bits per heavy atom. The van der Waals surface area contributed by atoms with Crippen molar-refractivity contribution in [2.45, 2.75) is 6.92 Å². The van der Waals surface area contributed by atoms with Crippen molar-refractivity contribution >= 4 is 22.3 Å². The fourth-order valence-electron chi connectivity index (χ4n) is 2.31. The number of carbonyl (C=O) groups excluding carboxylic acids is 1. The summed E-state index contributed by atoms with van der Waals surface area (Å²) >= 11 is 0. The molecule has 3 rings (SSSR count). The molecule has 0 spiro atoms. The standard InChI is InChI=1S/C15H13NO2/c1-2-18-15(17)14-12-8-4-3-7-11(12)13-9-5-6-10-16(13)14/h3-10H,2H2,1H3. The van der Waals surface area contributed by atoms with Crippen molar-refractivity contribution in [3.63, 3.8) is 0 Å². The summed E-state index contributed by atoms with van der Waals surface area (Å²) in [6, 6.07) is 13.8. The highest BCUT2D eigenvalue weighted by atomic mass is 16.5. The molecule has 0 aliphatic rings. The van der Waals surface area contributed by atoms with Gasteiger partial charge in [0, 0.05) is 17.0 Å². The van der Waals surface area contributed by atoms with E-state index < -0.39 is 0 Å². The third kappa shape index (κ3) is 1.48. The lowest BCUT2D eigenvalue weighted by Crippen LogP contribution is -2.08. The number of nitrogens with zero attached hydrogens (tertiary/aromatic N) is 1. The second-order valence-corrected chi connectivity index (χ2v) is 4.07. The first-order chi connectivity index (χ1) is 8.83. The van der Waals surface area contributed by atoms with Gasteiger partial charge in [0.25, 0.3) is 0 Å². The summed E-state index contributed by atoms with van der Waals surface area (Å²) in [4.78, 5) is 12.1. The summed E-state index contributed by atoms with van der Waals surface area (Å²) in [7, 11) is 0. The molecule has 3 nitrogen and oxygen atoms in total. The SMILES string of the molecule is CCOC(=O)c1c2ccccc2c2ccccn12. The molecular formula is C15H13NO2. The highest BCUT2D eigenvalue weighted by Crippen LogP contribution is 2.27. The van der Waals surface area contributed by atoms with Crippen molar-refractivity contribution in [2.75, 3.05) is 6.61 Å².